The van der Waals surface area contributed by atoms with Gasteiger partial charge in [-0.05, 0) is 54.6 Å². The summed E-state index contributed by atoms with van der Waals surface area (Å²) in [6.07, 6.45) is -1.98. The van der Waals surface area contributed by atoms with Crippen molar-refractivity contribution >= 4 is 45.5 Å². The van der Waals surface area contributed by atoms with Crippen LogP contribution in [-0.2, 0) is 13.2 Å². The van der Waals surface area contributed by atoms with E-state index in [9.17, 15) is 18.0 Å². The Bertz CT molecular complexity index is 1240. The van der Waals surface area contributed by atoms with Gasteiger partial charge in [-0.2, -0.15) is 13.2 Å². The quantitative estimate of drug-likeness (QED) is 0.289. The third kappa shape index (κ3) is 4.62. The highest BCUT2D eigenvalue weighted by atomic mass is 79.9. The minimum absolute atomic E-state index is 0. The monoisotopic (exact) mass is 505 g/mol. The van der Waals surface area contributed by atoms with Gasteiger partial charge < -0.3 is 14.2 Å². The van der Waals surface area contributed by atoms with Crippen LogP contribution in [0.4, 0.5) is 24.5 Å². The van der Waals surface area contributed by atoms with Gasteiger partial charge >= 0.3 is 6.18 Å². The summed E-state index contributed by atoms with van der Waals surface area (Å²) < 4.78 is 45.8. The number of anilines is 2. The van der Waals surface area contributed by atoms with E-state index in [-0.39, 0.29) is 17.0 Å². The molecule has 0 N–H and O–H groups in total. The third-order valence-corrected chi connectivity index (χ3v) is 5.08. The lowest BCUT2D eigenvalue weighted by Crippen LogP contribution is -2.11. The van der Waals surface area contributed by atoms with Crippen molar-refractivity contribution in [1.29, 1.82) is 0 Å². The Balaban J connectivity index is 0.00000289. The molecule has 4 aromatic rings. The highest BCUT2D eigenvalue weighted by Crippen LogP contribution is 2.32. The van der Waals surface area contributed by atoms with Gasteiger partial charge in [-0.3, -0.25) is 4.79 Å². The van der Waals surface area contributed by atoms with Gasteiger partial charge in [-0.1, -0.05) is 0 Å². The number of alkyl halides is 3. The molecule has 5 nitrogen and oxygen atoms in total. The Kier molecular flexibility index (Phi) is 6.59. The molecule has 0 aliphatic rings. The fourth-order valence-corrected chi connectivity index (χ4v) is 3.30. The summed E-state index contributed by atoms with van der Waals surface area (Å²) in [5, 5.41) is 0.876. The van der Waals surface area contributed by atoms with Crippen molar-refractivity contribution in [2.24, 2.45) is 7.05 Å². The standard InChI is InChI=1S/C23H18F3N3O2.BrH/c1-28(17-5-3-16(4-6-17)23(24,25)26)18-7-10-22(27-13-18)31-20-8-9-21-15(12-20)11-19(14-30)29(21)2;/h3-14H,1-2H3;1H. The van der Waals surface area contributed by atoms with Gasteiger partial charge in [0, 0.05) is 36.8 Å². The van der Waals surface area contributed by atoms with Crippen LogP contribution < -0.4 is 9.64 Å². The molecule has 32 heavy (non-hydrogen) atoms. The SMILES string of the molecule is Br.CN(c1ccc(C(F)(F)F)cc1)c1ccc(Oc2ccc3c(c2)cc(C=O)n3C)nc1. The van der Waals surface area contributed by atoms with Crippen LogP contribution in [0.15, 0.2) is 66.9 Å². The number of halogens is 4. The zero-order valence-electron chi connectivity index (χ0n) is 17.1. The topological polar surface area (TPSA) is 47.4 Å². The van der Waals surface area contributed by atoms with E-state index in [0.717, 1.165) is 29.3 Å². The molecule has 2 heterocycles. The molecule has 0 bridgehead atoms. The second-order valence-corrected chi connectivity index (χ2v) is 7.03. The molecule has 0 saturated heterocycles. The van der Waals surface area contributed by atoms with E-state index in [2.05, 4.69) is 4.98 Å². The van der Waals surface area contributed by atoms with Crippen molar-refractivity contribution < 1.29 is 22.7 Å². The van der Waals surface area contributed by atoms with Crippen molar-refractivity contribution in [2.45, 2.75) is 6.18 Å². The zero-order chi connectivity index (χ0) is 22.2. The number of aromatic nitrogens is 2. The van der Waals surface area contributed by atoms with Crippen molar-refractivity contribution in [2.75, 3.05) is 11.9 Å². The number of aldehydes is 1. The number of rotatable bonds is 5. The summed E-state index contributed by atoms with van der Waals surface area (Å²) in [5.41, 5.74) is 2.09. The molecule has 166 valence electrons. The van der Waals surface area contributed by atoms with Gasteiger partial charge in [0.15, 0.2) is 6.29 Å². The first kappa shape index (κ1) is 23.3. The molecule has 0 amide bonds. The van der Waals surface area contributed by atoms with E-state index in [1.54, 1.807) is 47.0 Å². The van der Waals surface area contributed by atoms with Gasteiger partial charge in [0.05, 0.1) is 23.1 Å². The van der Waals surface area contributed by atoms with Gasteiger partial charge in [0.1, 0.15) is 5.75 Å². The minimum atomic E-state index is -4.37. The number of hydrogen-bond donors (Lipinski definition) is 0. The van der Waals surface area contributed by atoms with Gasteiger partial charge in [-0.25, -0.2) is 4.98 Å². The lowest BCUT2D eigenvalue weighted by atomic mass is 10.2. The van der Waals surface area contributed by atoms with E-state index < -0.39 is 11.7 Å². The fourth-order valence-electron chi connectivity index (χ4n) is 3.30. The van der Waals surface area contributed by atoms with Crippen LogP contribution in [0.25, 0.3) is 10.9 Å². The minimum Gasteiger partial charge on any atom is -0.439 e. The summed E-state index contributed by atoms with van der Waals surface area (Å²) in [4.78, 5) is 17.1. The average molecular weight is 506 g/mol. The molecule has 0 atom stereocenters. The summed E-state index contributed by atoms with van der Waals surface area (Å²) in [7, 11) is 3.56. The molecule has 0 aliphatic carbocycles. The molecule has 2 aromatic carbocycles. The van der Waals surface area contributed by atoms with Crippen molar-refractivity contribution in [1.82, 2.24) is 9.55 Å². The first-order valence-corrected chi connectivity index (χ1v) is 9.36. The van der Waals surface area contributed by atoms with Crippen LogP contribution in [0.1, 0.15) is 16.1 Å². The number of benzene rings is 2. The van der Waals surface area contributed by atoms with Crippen molar-refractivity contribution in [3.05, 3.63) is 78.1 Å². The Hall–Kier alpha value is -3.33. The predicted molar refractivity (Wildman–Crippen MR) is 122 cm³/mol. The molecular weight excluding hydrogens is 487 g/mol. The highest BCUT2D eigenvalue weighted by Gasteiger charge is 2.30. The van der Waals surface area contributed by atoms with Gasteiger partial charge in [0.25, 0.3) is 0 Å². The molecule has 9 heteroatoms. The van der Waals surface area contributed by atoms with Crippen molar-refractivity contribution in [3.8, 4) is 11.6 Å². The van der Waals surface area contributed by atoms with E-state index in [4.69, 9.17) is 4.74 Å². The first-order valence-electron chi connectivity index (χ1n) is 9.36. The summed E-state index contributed by atoms with van der Waals surface area (Å²) in [5.74, 6) is 0.947. The number of carbonyl (C=O) groups excluding carboxylic acids is 1. The van der Waals surface area contributed by atoms with E-state index in [0.29, 0.717) is 28.7 Å². The first-order chi connectivity index (χ1) is 14.8. The molecule has 0 spiro atoms. The van der Waals surface area contributed by atoms with E-state index in [1.807, 2.05) is 19.2 Å². The van der Waals surface area contributed by atoms with Gasteiger partial charge in [-0.15, -0.1) is 17.0 Å². The van der Waals surface area contributed by atoms with Crippen LogP contribution in [0, 0.1) is 0 Å². The van der Waals surface area contributed by atoms with Gasteiger partial charge in [0.2, 0.25) is 5.88 Å². The maximum Gasteiger partial charge on any atom is 0.416 e. The summed E-state index contributed by atoms with van der Waals surface area (Å²) in [6, 6.07) is 15.6. The second kappa shape index (κ2) is 9.04. The second-order valence-electron chi connectivity index (χ2n) is 7.03. The van der Waals surface area contributed by atoms with Crippen LogP contribution in [0.5, 0.6) is 11.6 Å². The smallest absolute Gasteiger partial charge is 0.416 e. The maximum atomic E-state index is 12.7. The molecule has 0 saturated carbocycles. The van der Waals surface area contributed by atoms with Crippen molar-refractivity contribution in [3.63, 3.8) is 0 Å². The molecule has 0 fully saturated rings. The largest absolute Gasteiger partial charge is 0.439 e. The highest BCUT2D eigenvalue weighted by molar-refractivity contribution is 8.93. The molecule has 0 aliphatic heterocycles. The molecule has 2 aromatic heterocycles. The normalized spacial score (nSPS) is 11.2. The number of pyridine rings is 1. The summed E-state index contributed by atoms with van der Waals surface area (Å²) >= 11 is 0. The number of nitrogens with zero attached hydrogens (tertiary/aromatic N) is 3. The Labute approximate surface area is 192 Å². The number of hydrogen-bond acceptors (Lipinski definition) is 4. The number of carbonyl (C=O) groups is 1. The number of aryl methyl sites for hydroxylation is 1. The Morgan fingerprint density at radius 3 is 2.28 bits per heavy atom. The van der Waals surface area contributed by atoms with Crippen LogP contribution in [-0.4, -0.2) is 22.9 Å². The number of ether oxygens (including phenoxy) is 1. The molecule has 4 rings (SSSR count). The Morgan fingerprint density at radius 2 is 1.69 bits per heavy atom. The number of fused-ring (bicyclic) bond motifs is 1. The van der Waals surface area contributed by atoms with E-state index >= 15 is 0 Å². The molecule has 0 unspecified atom stereocenters. The van der Waals surface area contributed by atoms with E-state index in [1.165, 1.54) is 12.1 Å². The van der Waals surface area contributed by atoms with Crippen LogP contribution >= 0.6 is 17.0 Å². The lowest BCUT2D eigenvalue weighted by Gasteiger charge is -2.20. The fraction of sp³-hybridized carbons (Fsp3) is 0.130. The summed E-state index contributed by atoms with van der Waals surface area (Å²) in [6.45, 7) is 0. The predicted octanol–water partition coefficient (Wildman–Crippen LogP) is 6.54. The Morgan fingerprint density at radius 1 is 1.00 bits per heavy atom. The zero-order valence-corrected chi connectivity index (χ0v) is 18.8. The molecular formula is C23H19BrF3N3O2. The van der Waals surface area contributed by atoms with Crippen LogP contribution in [0.2, 0.25) is 0 Å². The van der Waals surface area contributed by atoms with Crippen LogP contribution in [0.3, 0.4) is 0 Å². The average Bonchev–Trinajstić information content (AvgIpc) is 3.08. The molecule has 0 radical (unpaired) electrons. The lowest BCUT2D eigenvalue weighted by molar-refractivity contribution is -0.137. The third-order valence-electron chi connectivity index (χ3n) is 5.08. The maximum absolute atomic E-state index is 12.7.